The van der Waals surface area contributed by atoms with Crippen molar-refractivity contribution in [1.82, 2.24) is 14.5 Å². The average molecular weight is 291 g/mol. The molecular formula is C15H19ClN4. The van der Waals surface area contributed by atoms with E-state index in [0.717, 1.165) is 36.5 Å². The van der Waals surface area contributed by atoms with Crippen LogP contribution < -0.4 is 0 Å². The molecule has 5 heteroatoms. The minimum Gasteiger partial charge on any atom is -0.325 e. The Morgan fingerprint density at radius 2 is 2.25 bits per heavy atom. The number of imidazole rings is 1. The van der Waals surface area contributed by atoms with E-state index in [-0.39, 0.29) is 5.38 Å². The number of benzene rings is 1. The lowest BCUT2D eigenvalue weighted by Gasteiger charge is -2.16. The highest BCUT2D eigenvalue weighted by Crippen LogP contribution is 2.25. The van der Waals surface area contributed by atoms with Crippen molar-refractivity contribution in [2.45, 2.75) is 25.8 Å². The van der Waals surface area contributed by atoms with E-state index in [1.165, 1.54) is 0 Å². The highest BCUT2D eigenvalue weighted by atomic mass is 35.5. The molecule has 0 aliphatic heterocycles. The summed E-state index contributed by atoms with van der Waals surface area (Å²) in [5.74, 6) is 0.862. The third kappa shape index (κ3) is 2.95. The van der Waals surface area contributed by atoms with Gasteiger partial charge in [-0.25, -0.2) is 4.98 Å². The summed E-state index contributed by atoms with van der Waals surface area (Å²) in [5.41, 5.74) is 2.53. The van der Waals surface area contributed by atoms with E-state index in [0.29, 0.717) is 5.56 Å². The number of alkyl halides is 1. The Hall–Kier alpha value is -1.57. The van der Waals surface area contributed by atoms with Crippen LogP contribution in [0.15, 0.2) is 18.2 Å². The lowest BCUT2D eigenvalue weighted by molar-refractivity contribution is 0.335. The van der Waals surface area contributed by atoms with Gasteiger partial charge in [0, 0.05) is 13.1 Å². The van der Waals surface area contributed by atoms with Crippen molar-refractivity contribution in [3.8, 4) is 6.07 Å². The molecule has 0 N–H and O–H groups in total. The molecule has 1 unspecified atom stereocenters. The fourth-order valence-electron chi connectivity index (χ4n) is 2.18. The predicted molar refractivity (Wildman–Crippen MR) is 81.9 cm³/mol. The normalized spacial score (nSPS) is 12.8. The summed E-state index contributed by atoms with van der Waals surface area (Å²) < 4.78 is 2.12. The second-order valence-corrected chi connectivity index (χ2v) is 5.60. The maximum Gasteiger partial charge on any atom is 0.127 e. The van der Waals surface area contributed by atoms with Gasteiger partial charge in [0.25, 0.3) is 0 Å². The standard InChI is InChI=1S/C15H19ClN4/c1-4-19(3)7-8-20-14-9-12(10-17)5-6-13(14)18-15(20)11(2)16/h5-6,9,11H,4,7-8H2,1-3H3. The van der Waals surface area contributed by atoms with Crippen molar-refractivity contribution < 1.29 is 0 Å². The van der Waals surface area contributed by atoms with Crippen molar-refractivity contribution in [3.05, 3.63) is 29.6 Å². The molecule has 0 spiro atoms. The van der Waals surface area contributed by atoms with E-state index in [2.05, 4.69) is 34.5 Å². The van der Waals surface area contributed by atoms with Crippen LogP contribution in [-0.2, 0) is 6.54 Å². The second kappa shape index (κ2) is 6.25. The molecule has 0 bridgehead atoms. The molecule has 106 valence electrons. The van der Waals surface area contributed by atoms with Crippen molar-refractivity contribution >= 4 is 22.6 Å². The molecule has 0 fully saturated rings. The van der Waals surface area contributed by atoms with Crippen LogP contribution in [0.4, 0.5) is 0 Å². The van der Waals surface area contributed by atoms with Gasteiger partial charge in [-0.2, -0.15) is 5.26 Å². The molecule has 20 heavy (non-hydrogen) atoms. The maximum atomic E-state index is 9.05. The summed E-state index contributed by atoms with van der Waals surface area (Å²) >= 11 is 6.24. The highest BCUT2D eigenvalue weighted by molar-refractivity contribution is 6.20. The SMILES string of the molecule is CCN(C)CCn1c(C(C)Cl)nc2ccc(C#N)cc21. The van der Waals surface area contributed by atoms with Gasteiger partial charge in [-0.15, -0.1) is 11.6 Å². The topological polar surface area (TPSA) is 44.9 Å². The molecule has 1 heterocycles. The number of nitrogens with zero attached hydrogens (tertiary/aromatic N) is 4. The van der Waals surface area contributed by atoms with Crippen LogP contribution in [0.25, 0.3) is 11.0 Å². The number of hydrogen-bond acceptors (Lipinski definition) is 3. The van der Waals surface area contributed by atoms with Gasteiger partial charge in [0.15, 0.2) is 0 Å². The van der Waals surface area contributed by atoms with E-state index < -0.39 is 0 Å². The van der Waals surface area contributed by atoms with E-state index in [4.69, 9.17) is 16.9 Å². The third-order valence-corrected chi connectivity index (χ3v) is 3.70. The average Bonchev–Trinajstić information content (AvgIpc) is 2.82. The van der Waals surface area contributed by atoms with Crippen molar-refractivity contribution in [2.24, 2.45) is 0 Å². The smallest absolute Gasteiger partial charge is 0.127 e. The van der Waals surface area contributed by atoms with E-state index in [9.17, 15) is 0 Å². The molecule has 0 amide bonds. The number of hydrogen-bond donors (Lipinski definition) is 0. The molecule has 0 saturated heterocycles. The largest absolute Gasteiger partial charge is 0.325 e. The van der Waals surface area contributed by atoms with Gasteiger partial charge >= 0.3 is 0 Å². The third-order valence-electron chi connectivity index (χ3n) is 3.51. The molecule has 1 aromatic carbocycles. The molecule has 0 radical (unpaired) electrons. The zero-order chi connectivity index (χ0) is 14.7. The summed E-state index contributed by atoms with van der Waals surface area (Å²) in [6.07, 6.45) is 0. The van der Waals surface area contributed by atoms with Gasteiger partial charge in [0.05, 0.1) is 28.0 Å². The molecule has 1 atom stereocenters. The van der Waals surface area contributed by atoms with Gasteiger partial charge in [-0.1, -0.05) is 6.92 Å². The highest BCUT2D eigenvalue weighted by Gasteiger charge is 2.15. The molecule has 0 aliphatic carbocycles. The minimum absolute atomic E-state index is 0.153. The monoisotopic (exact) mass is 290 g/mol. The fraction of sp³-hybridized carbons (Fsp3) is 0.467. The first-order valence-corrected chi connectivity index (χ1v) is 7.23. The summed E-state index contributed by atoms with van der Waals surface area (Å²) in [6.45, 7) is 6.80. The molecule has 0 aliphatic rings. The van der Waals surface area contributed by atoms with Gasteiger partial charge in [0.2, 0.25) is 0 Å². The van der Waals surface area contributed by atoms with Crippen LogP contribution >= 0.6 is 11.6 Å². The number of halogens is 1. The Morgan fingerprint density at radius 3 is 2.85 bits per heavy atom. The number of likely N-dealkylation sites (N-methyl/N-ethyl adjacent to an activating group) is 1. The van der Waals surface area contributed by atoms with Gasteiger partial charge in [-0.3, -0.25) is 0 Å². The summed E-state index contributed by atoms with van der Waals surface area (Å²) in [4.78, 5) is 6.83. The molecule has 4 nitrogen and oxygen atoms in total. The zero-order valence-electron chi connectivity index (χ0n) is 12.1. The first-order valence-electron chi connectivity index (χ1n) is 6.79. The van der Waals surface area contributed by atoms with E-state index >= 15 is 0 Å². The summed E-state index contributed by atoms with van der Waals surface area (Å²) in [5, 5.41) is 8.89. The van der Waals surface area contributed by atoms with E-state index in [1.807, 2.05) is 19.1 Å². The molecular weight excluding hydrogens is 272 g/mol. The Balaban J connectivity index is 2.46. The Labute approximate surface area is 124 Å². The molecule has 2 aromatic rings. The van der Waals surface area contributed by atoms with Gasteiger partial charge < -0.3 is 9.47 Å². The van der Waals surface area contributed by atoms with Crippen LogP contribution in [0.5, 0.6) is 0 Å². The summed E-state index contributed by atoms with van der Waals surface area (Å²) in [6, 6.07) is 7.74. The summed E-state index contributed by atoms with van der Waals surface area (Å²) in [7, 11) is 2.09. The van der Waals surface area contributed by atoms with Crippen molar-refractivity contribution in [3.63, 3.8) is 0 Å². The zero-order valence-corrected chi connectivity index (χ0v) is 12.9. The van der Waals surface area contributed by atoms with Crippen LogP contribution in [-0.4, -0.2) is 34.6 Å². The van der Waals surface area contributed by atoms with Crippen LogP contribution in [0.2, 0.25) is 0 Å². The van der Waals surface area contributed by atoms with Crippen molar-refractivity contribution in [1.29, 1.82) is 5.26 Å². The van der Waals surface area contributed by atoms with Gasteiger partial charge in [0.1, 0.15) is 5.82 Å². The molecule has 1 aromatic heterocycles. The van der Waals surface area contributed by atoms with Gasteiger partial charge in [-0.05, 0) is 38.7 Å². The Morgan fingerprint density at radius 1 is 1.50 bits per heavy atom. The predicted octanol–water partition coefficient (Wildman–Crippen LogP) is 3.16. The van der Waals surface area contributed by atoms with Crippen LogP contribution in [0.3, 0.4) is 0 Å². The van der Waals surface area contributed by atoms with Crippen LogP contribution in [0, 0.1) is 11.3 Å². The maximum absolute atomic E-state index is 9.05. The lowest BCUT2D eigenvalue weighted by atomic mass is 10.2. The lowest BCUT2D eigenvalue weighted by Crippen LogP contribution is -2.23. The first kappa shape index (κ1) is 14.8. The number of fused-ring (bicyclic) bond motifs is 1. The second-order valence-electron chi connectivity index (χ2n) is 4.95. The minimum atomic E-state index is -0.153. The van der Waals surface area contributed by atoms with E-state index in [1.54, 1.807) is 6.07 Å². The Bertz CT molecular complexity index is 639. The quantitative estimate of drug-likeness (QED) is 0.795. The Kier molecular flexibility index (Phi) is 4.64. The number of nitriles is 1. The fourth-order valence-corrected chi connectivity index (χ4v) is 2.35. The van der Waals surface area contributed by atoms with Crippen molar-refractivity contribution in [2.75, 3.05) is 20.1 Å². The molecule has 2 rings (SSSR count). The number of rotatable bonds is 5. The molecule has 0 saturated carbocycles. The van der Waals surface area contributed by atoms with Crippen LogP contribution in [0.1, 0.15) is 30.6 Å². The first-order chi connectivity index (χ1) is 9.56. The number of aromatic nitrogens is 2.